The molecule has 5 nitrogen and oxygen atoms in total. The molecule has 0 spiro atoms. The topological polar surface area (TPSA) is 47.6 Å². The first kappa shape index (κ1) is 12.3. The van der Waals surface area contributed by atoms with Crippen LogP contribution in [-0.2, 0) is 9.47 Å². The molecule has 0 aromatic heterocycles. The van der Waals surface area contributed by atoms with Crippen molar-refractivity contribution in [2.45, 2.75) is 26.4 Å². The molecule has 1 N–H and O–H groups in total. The van der Waals surface area contributed by atoms with Crippen LogP contribution < -0.4 is 5.43 Å². The summed E-state index contributed by atoms with van der Waals surface area (Å²) in [6, 6.07) is 0. The van der Waals surface area contributed by atoms with Gasteiger partial charge in [-0.05, 0) is 20.8 Å². The minimum absolute atomic E-state index is 0.369. The lowest BCUT2D eigenvalue weighted by Crippen LogP contribution is -2.62. The van der Waals surface area contributed by atoms with Crippen LogP contribution in [-0.4, -0.2) is 49.6 Å². The molecule has 0 atom stereocenters. The van der Waals surface area contributed by atoms with Gasteiger partial charge in [-0.15, -0.1) is 0 Å². The van der Waals surface area contributed by atoms with Gasteiger partial charge in [-0.3, -0.25) is 0 Å². The van der Waals surface area contributed by atoms with E-state index in [-0.39, 0.29) is 6.09 Å². The molecule has 0 aromatic carbocycles. The first-order valence-corrected chi connectivity index (χ1v) is 5.24. The van der Waals surface area contributed by atoms with Crippen molar-refractivity contribution in [2.24, 2.45) is 0 Å². The summed E-state index contributed by atoms with van der Waals surface area (Å²) in [5.74, 6) is 0. The Kier molecular flexibility index (Phi) is 3.57. The summed E-state index contributed by atoms with van der Waals surface area (Å²) in [4.78, 5) is 11.5. The van der Waals surface area contributed by atoms with Crippen molar-refractivity contribution in [1.82, 2.24) is 5.43 Å². The molecule has 1 rings (SSSR count). The maximum atomic E-state index is 11.5. The zero-order chi connectivity index (χ0) is 11.5. The van der Waals surface area contributed by atoms with Gasteiger partial charge >= 0.3 is 6.09 Å². The maximum absolute atomic E-state index is 11.5. The van der Waals surface area contributed by atoms with Gasteiger partial charge in [-0.25, -0.2) is 9.39 Å². The summed E-state index contributed by atoms with van der Waals surface area (Å²) < 4.78 is 10.9. The van der Waals surface area contributed by atoms with E-state index >= 15 is 0 Å². The Morgan fingerprint density at radius 3 is 2.33 bits per heavy atom. The third kappa shape index (κ3) is 4.48. The van der Waals surface area contributed by atoms with E-state index < -0.39 is 5.60 Å². The number of hydrogen-bond donors (Lipinski definition) is 1. The number of ether oxygens (including phenoxy) is 2. The number of rotatable bonds is 1. The van der Waals surface area contributed by atoms with Gasteiger partial charge in [0.25, 0.3) is 0 Å². The number of likely N-dealkylation sites (N-methyl/N-ethyl adjacent to an activating group) is 1. The third-order valence-corrected chi connectivity index (χ3v) is 2.22. The fourth-order valence-electron chi connectivity index (χ4n) is 1.38. The lowest BCUT2D eigenvalue weighted by molar-refractivity contribution is -0.950. The van der Waals surface area contributed by atoms with Gasteiger partial charge < -0.3 is 9.47 Å². The molecule has 0 aromatic rings. The first-order valence-electron chi connectivity index (χ1n) is 5.24. The van der Waals surface area contributed by atoms with Crippen molar-refractivity contribution in [3.63, 3.8) is 0 Å². The summed E-state index contributed by atoms with van der Waals surface area (Å²) in [5, 5.41) is 0. The van der Waals surface area contributed by atoms with Crippen LogP contribution in [0.3, 0.4) is 0 Å². The molecule has 1 amide bonds. The highest BCUT2D eigenvalue weighted by molar-refractivity contribution is 5.66. The van der Waals surface area contributed by atoms with Crippen LogP contribution in [0.5, 0.6) is 0 Å². The van der Waals surface area contributed by atoms with Crippen LogP contribution in [0.2, 0.25) is 0 Å². The quantitative estimate of drug-likeness (QED) is 0.664. The van der Waals surface area contributed by atoms with Crippen LogP contribution in [0, 0.1) is 0 Å². The van der Waals surface area contributed by atoms with Gasteiger partial charge in [0.05, 0.1) is 20.3 Å². The number of nitrogens with zero attached hydrogens (tertiary/aromatic N) is 1. The molecule has 0 radical (unpaired) electrons. The van der Waals surface area contributed by atoms with Crippen molar-refractivity contribution in [3.8, 4) is 0 Å². The van der Waals surface area contributed by atoms with Gasteiger partial charge in [-0.2, -0.15) is 5.43 Å². The highest BCUT2D eigenvalue weighted by Crippen LogP contribution is 2.09. The molecule has 0 unspecified atom stereocenters. The number of carbonyl (C=O) groups excluding carboxylic acids is 1. The second-order valence-corrected chi connectivity index (χ2v) is 5.07. The molecule has 1 aliphatic heterocycles. The Labute approximate surface area is 90.9 Å². The highest BCUT2D eigenvalue weighted by Gasteiger charge is 2.30. The summed E-state index contributed by atoms with van der Waals surface area (Å²) in [6.45, 7) is 8.46. The largest absolute Gasteiger partial charge is 0.452 e. The van der Waals surface area contributed by atoms with Gasteiger partial charge in [0, 0.05) is 0 Å². The van der Waals surface area contributed by atoms with Crippen LogP contribution >= 0.6 is 0 Å². The molecule has 1 saturated heterocycles. The van der Waals surface area contributed by atoms with E-state index in [9.17, 15) is 4.79 Å². The Morgan fingerprint density at radius 2 is 1.87 bits per heavy atom. The van der Waals surface area contributed by atoms with Gasteiger partial charge in [-0.1, -0.05) is 0 Å². The Bertz CT molecular complexity index is 229. The third-order valence-electron chi connectivity index (χ3n) is 2.22. The summed E-state index contributed by atoms with van der Waals surface area (Å²) in [7, 11) is 1.96. The zero-order valence-corrected chi connectivity index (χ0v) is 10.0. The predicted octanol–water partition coefficient (Wildman–Crippen LogP) is 0.903. The Balaban J connectivity index is 2.42. The van der Waals surface area contributed by atoms with E-state index in [1.54, 1.807) is 0 Å². The second kappa shape index (κ2) is 4.37. The van der Waals surface area contributed by atoms with Crippen LogP contribution in [0.15, 0.2) is 0 Å². The number of carbonyl (C=O) groups is 1. The van der Waals surface area contributed by atoms with E-state index in [0.29, 0.717) is 17.8 Å². The lowest BCUT2D eigenvalue weighted by atomic mass is 10.2. The number of quaternary nitrogens is 1. The van der Waals surface area contributed by atoms with Crippen molar-refractivity contribution < 1.29 is 18.9 Å². The smallest absolute Gasteiger partial charge is 0.441 e. The molecular formula is C10H21N2O3+. The number of morpholine rings is 1. The van der Waals surface area contributed by atoms with E-state index in [1.165, 1.54) is 0 Å². The van der Waals surface area contributed by atoms with Crippen LogP contribution in [0.1, 0.15) is 20.8 Å². The number of hydrogen-bond acceptors (Lipinski definition) is 3. The van der Waals surface area contributed by atoms with E-state index in [2.05, 4.69) is 5.43 Å². The predicted molar refractivity (Wildman–Crippen MR) is 56.1 cm³/mol. The van der Waals surface area contributed by atoms with Crippen LogP contribution in [0.25, 0.3) is 0 Å². The molecule has 0 bridgehead atoms. The monoisotopic (exact) mass is 217 g/mol. The minimum Gasteiger partial charge on any atom is -0.441 e. The Morgan fingerprint density at radius 1 is 1.33 bits per heavy atom. The molecule has 1 fully saturated rings. The molecule has 15 heavy (non-hydrogen) atoms. The standard InChI is InChI=1S/C10H20N2O3/c1-10(2,3)15-9(13)11-12(4)5-7-14-8-6-12/h5-8H2,1-4H3/p+1. The molecule has 88 valence electrons. The van der Waals surface area contributed by atoms with E-state index in [0.717, 1.165) is 13.1 Å². The Hall–Kier alpha value is -0.810. The second-order valence-electron chi connectivity index (χ2n) is 5.07. The average Bonchev–Trinajstić information content (AvgIpc) is 1.99. The van der Waals surface area contributed by atoms with Crippen molar-refractivity contribution in [1.29, 1.82) is 0 Å². The van der Waals surface area contributed by atoms with E-state index in [1.807, 2.05) is 27.8 Å². The van der Waals surface area contributed by atoms with Crippen molar-refractivity contribution >= 4 is 6.09 Å². The summed E-state index contributed by atoms with van der Waals surface area (Å²) in [5.41, 5.74) is 2.40. The maximum Gasteiger partial charge on any atom is 0.452 e. The molecule has 0 saturated carbocycles. The van der Waals surface area contributed by atoms with Crippen molar-refractivity contribution in [2.75, 3.05) is 33.4 Å². The van der Waals surface area contributed by atoms with Gasteiger partial charge in [0.1, 0.15) is 18.7 Å². The van der Waals surface area contributed by atoms with Crippen molar-refractivity contribution in [3.05, 3.63) is 0 Å². The lowest BCUT2D eigenvalue weighted by Gasteiger charge is -2.36. The first-order chi connectivity index (χ1) is 6.81. The number of nitrogens with one attached hydrogen (secondary N) is 1. The average molecular weight is 217 g/mol. The highest BCUT2D eigenvalue weighted by atomic mass is 16.6. The molecule has 1 aliphatic rings. The molecule has 5 heteroatoms. The van der Waals surface area contributed by atoms with Crippen LogP contribution in [0.4, 0.5) is 4.79 Å². The zero-order valence-electron chi connectivity index (χ0n) is 10.0. The molecule has 1 heterocycles. The van der Waals surface area contributed by atoms with Gasteiger partial charge in [0.2, 0.25) is 0 Å². The fraction of sp³-hybridized carbons (Fsp3) is 0.900. The van der Waals surface area contributed by atoms with E-state index in [4.69, 9.17) is 9.47 Å². The van der Waals surface area contributed by atoms with Gasteiger partial charge in [0.15, 0.2) is 0 Å². The molecule has 0 aliphatic carbocycles. The normalized spacial score (nSPS) is 20.8. The fourth-order valence-corrected chi connectivity index (χ4v) is 1.38. The summed E-state index contributed by atoms with van der Waals surface area (Å²) in [6.07, 6.45) is -0.369. The minimum atomic E-state index is -0.449. The SMILES string of the molecule is CC(C)(C)OC(=O)N[N+]1(C)CCOCC1. The summed E-state index contributed by atoms with van der Waals surface area (Å²) >= 11 is 0. The molecular weight excluding hydrogens is 196 g/mol. The number of amides is 1.